The van der Waals surface area contributed by atoms with Crippen LogP contribution in [0.3, 0.4) is 0 Å². The molecule has 13 heteroatoms. The van der Waals surface area contributed by atoms with Crippen LogP contribution >= 0.6 is 11.3 Å². The number of ether oxygens (including phenoxy) is 1. The molecule has 0 spiro atoms. The van der Waals surface area contributed by atoms with Crippen LogP contribution in [0.15, 0.2) is 24.5 Å². The van der Waals surface area contributed by atoms with Gasteiger partial charge in [0.05, 0.1) is 34.6 Å². The van der Waals surface area contributed by atoms with Crippen molar-refractivity contribution in [3.63, 3.8) is 0 Å². The highest BCUT2D eigenvalue weighted by atomic mass is 32.1. The van der Waals surface area contributed by atoms with Crippen molar-refractivity contribution in [1.82, 2.24) is 35.4 Å². The van der Waals surface area contributed by atoms with E-state index in [1.54, 1.807) is 32.5 Å². The Morgan fingerprint density at radius 2 is 1.91 bits per heavy atom. The van der Waals surface area contributed by atoms with Crippen LogP contribution in [-0.4, -0.2) is 87.6 Å². The van der Waals surface area contributed by atoms with Crippen molar-refractivity contribution in [2.24, 2.45) is 0 Å². The lowest BCUT2D eigenvalue weighted by molar-refractivity contribution is 0.151. The van der Waals surface area contributed by atoms with Crippen molar-refractivity contribution in [3.8, 4) is 17.3 Å². The number of hydrogen-bond acceptors (Lipinski definition) is 9. The number of rotatable bonds is 4. The third-order valence-electron chi connectivity index (χ3n) is 9.82. The number of thiophene rings is 1. The first-order chi connectivity index (χ1) is 21.9. The minimum Gasteiger partial charge on any atom is -0.467 e. The fraction of sp³-hybridized carbons (Fsp3) is 0.500. The lowest BCUT2D eigenvalue weighted by Gasteiger charge is -2.34. The van der Waals surface area contributed by atoms with Gasteiger partial charge in [0.15, 0.2) is 0 Å². The first-order valence-electron chi connectivity index (χ1n) is 15.7. The van der Waals surface area contributed by atoms with Crippen LogP contribution in [0.2, 0.25) is 0 Å². The zero-order valence-electron chi connectivity index (χ0n) is 25.2. The van der Waals surface area contributed by atoms with E-state index in [1.807, 2.05) is 6.07 Å². The summed E-state index contributed by atoms with van der Waals surface area (Å²) in [5.41, 5.74) is 2.09. The Labute approximate surface area is 262 Å². The molecule has 1 aromatic carbocycles. The number of aromatic amines is 1. The summed E-state index contributed by atoms with van der Waals surface area (Å²) in [6.07, 6.45) is 5.73. The van der Waals surface area contributed by atoms with Gasteiger partial charge in [0, 0.05) is 65.9 Å². The average Bonchev–Trinajstić information content (AvgIpc) is 3.85. The SMILES string of the molecule is COc1nc(N2CC3CCC(C2)N3)c2c(n1)sc1c(-c3c(C(F)F)c(C)cc4[nH]ncc34)nccc12.FC1CC2CCCN2C1. The Hall–Kier alpha value is -3.55. The number of fused-ring (bicyclic) bond motifs is 7. The number of methoxy groups -OCH3 is 1. The normalized spacial score (nSPS) is 24.6. The van der Waals surface area contributed by atoms with E-state index < -0.39 is 12.6 Å². The van der Waals surface area contributed by atoms with Crippen molar-refractivity contribution in [2.75, 3.05) is 38.2 Å². The summed E-state index contributed by atoms with van der Waals surface area (Å²) in [4.78, 5) is 19.4. The lowest BCUT2D eigenvalue weighted by Crippen LogP contribution is -2.51. The summed E-state index contributed by atoms with van der Waals surface area (Å²) >= 11 is 1.43. The summed E-state index contributed by atoms with van der Waals surface area (Å²) < 4.78 is 47.6. The first kappa shape index (κ1) is 28.9. The van der Waals surface area contributed by atoms with Crippen LogP contribution < -0.4 is 15.0 Å². The van der Waals surface area contributed by atoms with Crippen LogP contribution in [0.4, 0.5) is 19.0 Å². The van der Waals surface area contributed by atoms with Crippen LogP contribution in [-0.2, 0) is 0 Å². The second-order valence-electron chi connectivity index (χ2n) is 12.6. The quantitative estimate of drug-likeness (QED) is 0.242. The van der Waals surface area contributed by atoms with Gasteiger partial charge in [-0.2, -0.15) is 15.1 Å². The van der Waals surface area contributed by atoms with E-state index in [4.69, 9.17) is 9.72 Å². The Morgan fingerprint density at radius 3 is 2.67 bits per heavy atom. The topological polar surface area (TPSA) is 95.1 Å². The molecule has 4 atom stereocenters. The molecule has 2 N–H and O–H groups in total. The van der Waals surface area contributed by atoms with Crippen LogP contribution in [0.25, 0.3) is 42.5 Å². The molecule has 4 fully saturated rings. The average molecular weight is 637 g/mol. The maximum atomic E-state index is 14.4. The molecule has 9 nitrogen and oxygen atoms in total. The second kappa shape index (κ2) is 11.4. The van der Waals surface area contributed by atoms with E-state index in [-0.39, 0.29) is 5.56 Å². The number of anilines is 1. The van der Waals surface area contributed by atoms with E-state index in [0.29, 0.717) is 58.4 Å². The van der Waals surface area contributed by atoms with Crippen LogP contribution in [0.1, 0.15) is 49.7 Å². The zero-order chi connectivity index (χ0) is 30.8. The van der Waals surface area contributed by atoms with E-state index in [9.17, 15) is 13.2 Å². The molecule has 4 aliphatic rings. The maximum absolute atomic E-state index is 14.4. The summed E-state index contributed by atoms with van der Waals surface area (Å²) in [6.45, 7) is 5.26. The van der Waals surface area contributed by atoms with Crippen LogP contribution in [0, 0.1) is 6.92 Å². The van der Waals surface area contributed by atoms with Gasteiger partial charge in [0.25, 0.3) is 6.43 Å². The number of halogens is 3. The molecule has 4 aromatic heterocycles. The molecule has 2 bridgehead atoms. The van der Waals surface area contributed by atoms with Crippen molar-refractivity contribution in [1.29, 1.82) is 0 Å². The highest BCUT2D eigenvalue weighted by Gasteiger charge is 2.36. The van der Waals surface area contributed by atoms with E-state index in [0.717, 1.165) is 65.0 Å². The number of benzene rings is 1. The minimum atomic E-state index is -2.66. The van der Waals surface area contributed by atoms with Gasteiger partial charge in [0.2, 0.25) is 0 Å². The third-order valence-corrected chi connectivity index (χ3v) is 10.9. The van der Waals surface area contributed by atoms with Gasteiger partial charge in [0.1, 0.15) is 16.8 Å². The molecule has 0 saturated carbocycles. The van der Waals surface area contributed by atoms with Gasteiger partial charge in [-0.1, -0.05) is 0 Å². The molecular weight excluding hydrogens is 601 g/mol. The number of nitrogens with zero attached hydrogens (tertiary/aromatic N) is 6. The summed E-state index contributed by atoms with van der Waals surface area (Å²) in [5.74, 6) is 0.824. The molecule has 0 aliphatic carbocycles. The van der Waals surface area contributed by atoms with Gasteiger partial charge in [-0.3, -0.25) is 15.0 Å². The Bertz CT molecular complexity index is 1870. The molecule has 4 unspecified atom stereocenters. The number of aryl methyl sites for hydroxylation is 1. The standard InChI is InChI=1S/C25H23F2N7OS.C7H12FN/c1-11-7-16-15(8-29-33-16)18(17(11)22(26)27)20-21-14(5-6-28-20)19-23(31-25(35-2)32-24(19)36-21)34-9-12-3-4-13(10-34)30-12;8-6-4-7-2-1-3-9(7)5-6/h5-8,12-13,22,30H,3-4,9-10H2,1-2H3,(H,29,33);6-7H,1-5H2. The molecule has 0 amide bonds. The molecule has 236 valence electrons. The smallest absolute Gasteiger partial charge is 0.319 e. The van der Waals surface area contributed by atoms with Crippen molar-refractivity contribution in [3.05, 3.63) is 35.7 Å². The Kier molecular flexibility index (Phi) is 7.29. The number of hydrogen-bond donors (Lipinski definition) is 2. The third kappa shape index (κ3) is 4.99. The van der Waals surface area contributed by atoms with Crippen molar-refractivity contribution < 1.29 is 17.9 Å². The van der Waals surface area contributed by atoms with Gasteiger partial charge >= 0.3 is 6.01 Å². The molecule has 45 heavy (non-hydrogen) atoms. The number of pyridine rings is 1. The van der Waals surface area contributed by atoms with Gasteiger partial charge in [-0.25, -0.2) is 13.2 Å². The molecular formula is C32H35F3N8OS. The van der Waals surface area contributed by atoms with Gasteiger partial charge in [-0.05, 0) is 63.3 Å². The number of piperazine rings is 1. The number of nitrogens with one attached hydrogen (secondary N) is 2. The largest absolute Gasteiger partial charge is 0.467 e. The summed E-state index contributed by atoms with van der Waals surface area (Å²) in [7, 11) is 1.56. The maximum Gasteiger partial charge on any atom is 0.319 e. The van der Waals surface area contributed by atoms with E-state index in [1.165, 1.54) is 24.2 Å². The monoisotopic (exact) mass is 636 g/mol. The first-order valence-corrected chi connectivity index (χ1v) is 16.5. The van der Waals surface area contributed by atoms with Crippen molar-refractivity contribution in [2.45, 2.75) is 69.8 Å². The Balaban J connectivity index is 0.000000286. The highest BCUT2D eigenvalue weighted by Crippen LogP contribution is 2.46. The molecule has 9 rings (SSSR count). The fourth-order valence-electron chi connectivity index (χ4n) is 7.84. The van der Waals surface area contributed by atoms with Gasteiger partial charge < -0.3 is 15.0 Å². The second-order valence-corrected chi connectivity index (χ2v) is 13.6. The summed E-state index contributed by atoms with van der Waals surface area (Å²) in [6, 6.07) is 5.41. The highest BCUT2D eigenvalue weighted by molar-refractivity contribution is 7.26. The molecule has 4 saturated heterocycles. The molecule has 4 aliphatic heterocycles. The van der Waals surface area contributed by atoms with Gasteiger partial charge in [-0.15, -0.1) is 11.3 Å². The molecule has 8 heterocycles. The Morgan fingerprint density at radius 1 is 1.09 bits per heavy atom. The van der Waals surface area contributed by atoms with E-state index in [2.05, 4.69) is 35.3 Å². The van der Waals surface area contributed by atoms with Crippen LogP contribution in [0.5, 0.6) is 6.01 Å². The zero-order valence-corrected chi connectivity index (χ0v) is 26.0. The fourth-order valence-corrected chi connectivity index (χ4v) is 8.99. The molecule has 5 aromatic rings. The number of alkyl halides is 3. The number of aromatic nitrogens is 5. The number of H-pyrrole nitrogens is 1. The predicted molar refractivity (Wildman–Crippen MR) is 170 cm³/mol. The predicted octanol–water partition coefficient (Wildman–Crippen LogP) is 6.17. The summed E-state index contributed by atoms with van der Waals surface area (Å²) in [5, 5.41) is 13.1. The van der Waals surface area contributed by atoms with E-state index >= 15 is 0 Å². The molecule has 0 radical (unpaired) electrons. The minimum absolute atomic E-state index is 0.0241. The van der Waals surface area contributed by atoms with Crippen molar-refractivity contribution >= 4 is 48.4 Å². The lowest BCUT2D eigenvalue weighted by atomic mass is 9.95.